The number of anilines is 1. The fraction of sp³-hybridized carbons (Fsp3) is 0.231. The molecule has 2 aromatic heterocycles. The minimum absolute atomic E-state index is 0.0192. The standard InChI is InChI=1S/C26H23N3O3/c1-27-14-20(17-6-2-4-8-21(17)27)19-13-24(31)29(26(19)32)25-18-7-3-5-9-22(18)28-11-10-16(15-30)12-23(25)28/h2-3,5-7,9-11,13-14,16,30H,4,8,12,15H2,1H3. The summed E-state index contributed by atoms with van der Waals surface area (Å²) in [6.45, 7) is 0.0192. The largest absolute Gasteiger partial charge is 0.396 e. The molecule has 0 saturated carbocycles. The zero-order chi connectivity index (χ0) is 22.0. The normalized spacial score (nSPS) is 19.6. The lowest BCUT2D eigenvalue weighted by molar-refractivity contribution is -0.119. The number of aliphatic hydroxyl groups is 1. The van der Waals surface area contributed by atoms with Gasteiger partial charge in [-0.2, -0.15) is 0 Å². The molecule has 1 atom stereocenters. The van der Waals surface area contributed by atoms with Crippen LogP contribution in [0.1, 0.15) is 28.9 Å². The summed E-state index contributed by atoms with van der Waals surface area (Å²) < 4.78 is 4.09. The maximum atomic E-state index is 13.7. The maximum Gasteiger partial charge on any atom is 0.266 e. The number of allylic oxidation sites excluding steroid dienone is 1. The van der Waals surface area contributed by atoms with Crippen LogP contribution >= 0.6 is 0 Å². The van der Waals surface area contributed by atoms with Gasteiger partial charge in [0.15, 0.2) is 0 Å². The predicted molar refractivity (Wildman–Crippen MR) is 125 cm³/mol. The van der Waals surface area contributed by atoms with Gasteiger partial charge in [0, 0.05) is 65.9 Å². The molecule has 0 spiro atoms. The Hall–Kier alpha value is -3.64. The summed E-state index contributed by atoms with van der Waals surface area (Å²) in [5, 5.41) is 10.6. The fourth-order valence-corrected chi connectivity index (χ4v) is 5.26. The van der Waals surface area contributed by atoms with Crippen LogP contribution in [0, 0.1) is 5.92 Å². The second kappa shape index (κ2) is 6.93. The van der Waals surface area contributed by atoms with Crippen LogP contribution in [-0.2, 0) is 29.5 Å². The first kappa shape index (κ1) is 19.1. The molecule has 32 heavy (non-hydrogen) atoms. The lowest BCUT2D eigenvalue weighted by Crippen LogP contribution is -2.32. The summed E-state index contributed by atoms with van der Waals surface area (Å²) in [6, 6.07) is 7.81. The number of carbonyl (C=O) groups is 2. The van der Waals surface area contributed by atoms with Gasteiger partial charge in [0.05, 0.1) is 16.8 Å². The van der Waals surface area contributed by atoms with E-state index in [1.807, 2.05) is 54.4 Å². The van der Waals surface area contributed by atoms with Crippen LogP contribution in [0.2, 0.25) is 0 Å². The molecule has 6 rings (SSSR count). The van der Waals surface area contributed by atoms with E-state index in [-0.39, 0.29) is 24.3 Å². The SMILES string of the molecule is Cn1cc(C2=CC(=O)N(c3c4n(c5ccccc35)C=CC(CO)C4)C2=O)c2c1CCC=C2. The fourth-order valence-electron chi connectivity index (χ4n) is 5.26. The summed E-state index contributed by atoms with van der Waals surface area (Å²) in [5.74, 6) is -0.662. The van der Waals surface area contributed by atoms with Crippen molar-refractivity contribution in [1.29, 1.82) is 0 Å². The molecule has 6 nitrogen and oxygen atoms in total. The average Bonchev–Trinajstić information content (AvgIpc) is 3.42. The number of rotatable bonds is 3. The van der Waals surface area contributed by atoms with Crippen LogP contribution in [0.4, 0.5) is 5.69 Å². The van der Waals surface area contributed by atoms with Gasteiger partial charge in [-0.1, -0.05) is 36.4 Å². The first-order chi connectivity index (χ1) is 15.6. The van der Waals surface area contributed by atoms with Crippen LogP contribution in [0.15, 0.2) is 48.7 Å². The van der Waals surface area contributed by atoms with Crippen molar-refractivity contribution < 1.29 is 14.7 Å². The monoisotopic (exact) mass is 425 g/mol. The van der Waals surface area contributed by atoms with Crippen molar-refractivity contribution in [2.45, 2.75) is 19.3 Å². The number of aromatic nitrogens is 2. The third-order valence-electron chi connectivity index (χ3n) is 6.80. The minimum Gasteiger partial charge on any atom is -0.396 e. The summed E-state index contributed by atoms with van der Waals surface area (Å²) in [5.41, 5.74) is 5.91. The Morgan fingerprint density at radius 1 is 1.16 bits per heavy atom. The second-order valence-electron chi connectivity index (χ2n) is 8.66. The lowest BCUT2D eigenvalue weighted by Gasteiger charge is -2.22. The van der Waals surface area contributed by atoms with Gasteiger partial charge in [0.25, 0.3) is 11.8 Å². The number of fused-ring (bicyclic) bond motifs is 4. The molecular weight excluding hydrogens is 402 g/mol. The van der Waals surface area contributed by atoms with E-state index in [0.717, 1.165) is 40.6 Å². The van der Waals surface area contributed by atoms with Gasteiger partial charge in [-0.15, -0.1) is 0 Å². The summed E-state index contributed by atoms with van der Waals surface area (Å²) in [4.78, 5) is 28.3. The third kappa shape index (κ3) is 2.56. The molecule has 1 aromatic carbocycles. The molecule has 160 valence electrons. The molecule has 6 heteroatoms. The number of hydrogen-bond donors (Lipinski definition) is 1. The van der Waals surface area contributed by atoms with Crippen LogP contribution in [0.5, 0.6) is 0 Å². The quantitative estimate of drug-likeness (QED) is 0.653. The average molecular weight is 425 g/mol. The van der Waals surface area contributed by atoms with Crippen LogP contribution < -0.4 is 4.90 Å². The Labute approximate surface area is 185 Å². The maximum absolute atomic E-state index is 13.7. The number of carbonyl (C=O) groups excluding carboxylic acids is 2. The van der Waals surface area contributed by atoms with E-state index in [2.05, 4.69) is 16.7 Å². The summed E-state index contributed by atoms with van der Waals surface area (Å²) in [7, 11) is 1.99. The van der Waals surface area contributed by atoms with Gasteiger partial charge >= 0.3 is 0 Å². The highest BCUT2D eigenvalue weighted by Gasteiger charge is 2.39. The zero-order valence-corrected chi connectivity index (χ0v) is 17.8. The van der Waals surface area contributed by atoms with Crippen LogP contribution in [0.3, 0.4) is 0 Å². The van der Waals surface area contributed by atoms with Crippen molar-refractivity contribution >= 4 is 46.3 Å². The minimum atomic E-state index is -0.323. The van der Waals surface area contributed by atoms with Crippen molar-refractivity contribution in [3.8, 4) is 0 Å². The Kier molecular flexibility index (Phi) is 4.13. The van der Waals surface area contributed by atoms with E-state index in [1.165, 1.54) is 16.7 Å². The van der Waals surface area contributed by atoms with Crippen molar-refractivity contribution in [2.24, 2.45) is 13.0 Å². The number of benzene rings is 1. The Morgan fingerprint density at radius 3 is 2.84 bits per heavy atom. The van der Waals surface area contributed by atoms with Crippen LogP contribution in [-0.4, -0.2) is 32.7 Å². The molecule has 2 aliphatic heterocycles. The molecule has 1 N–H and O–H groups in total. The van der Waals surface area contributed by atoms with E-state index in [4.69, 9.17) is 0 Å². The van der Waals surface area contributed by atoms with E-state index in [1.54, 1.807) is 0 Å². The molecule has 1 unspecified atom stereocenters. The molecular formula is C26H23N3O3. The van der Waals surface area contributed by atoms with Gasteiger partial charge in [-0.25, -0.2) is 4.90 Å². The summed E-state index contributed by atoms with van der Waals surface area (Å²) in [6.07, 6.45) is 14.0. The number of aryl methyl sites for hydroxylation is 1. The lowest BCUT2D eigenvalue weighted by atomic mass is 9.97. The van der Waals surface area contributed by atoms with Crippen molar-refractivity contribution in [3.63, 3.8) is 0 Å². The molecule has 4 heterocycles. The highest BCUT2D eigenvalue weighted by atomic mass is 16.3. The van der Waals surface area contributed by atoms with E-state index >= 15 is 0 Å². The molecule has 2 amide bonds. The van der Waals surface area contributed by atoms with Crippen molar-refractivity contribution in [1.82, 2.24) is 9.13 Å². The van der Waals surface area contributed by atoms with E-state index < -0.39 is 0 Å². The topological polar surface area (TPSA) is 67.5 Å². The number of nitrogens with zero attached hydrogens (tertiary/aromatic N) is 3. The first-order valence-corrected chi connectivity index (χ1v) is 10.9. The number of amides is 2. The highest BCUT2D eigenvalue weighted by Crippen LogP contribution is 2.42. The van der Waals surface area contributed by atoms with Gasteiger partial charge in [0.2, 0.25) is 0 Å². The predicted octanol–water partition coefficient (Wildman–Crippen LogP) is 3.53. The molecule has 0 bridgehead atoms. The first-order valence-electron chi connectivity index (χ1n) is 10.9. The van der Waals surface area contributed by atoms with Gasteiger partial charge in [-0.3, -0.25) is 9.59 Å². The summed E-state index contributed by atoms with van der Waals surface area (Å²) >= 11 is 0. The Bertz CT molecular complexity index is 1400. The Balaban J connectivity index is 1.50. The highest BCUT2D eigenvalue weighted by molar-refractivity contribution is 6.45. The molecule has 3 aromatic rings. The van der Waals surface area contributed by atoms with E-state index in [9.17, 15) is 14.7 Å². The number of aliphatic hydroxyl groups excluding tert-OH is 1. The van der Waals surface area contributed by atoms with Gasteiger partial charge < -0.3 is 14.2 Å². The molecule has 0 saturated heterocycles. The number of para-hydroxylation sites is 1. The van der Waals surface area contributed by atoms with Crippen molar-refractivity contribution in [2.75, 3.05) is 11.5 Å². The molecule has 1 aliphatic carbocycles. The van der Waals surface area contributed by atoms with Gasteiger partial charge in [-0.05, 0) is 25.3 Å². The number of hydrogen-bond acceptors (Lipinski definition) is 3. The van der Waals surface area contributed by atoms with Gasteiger partial charge in [0.1, 0.15) is 0 Å². The Morgan fingerprint density at radius 2 is 2.00 bits per heavy atom. The second-order valence-corrected chi connectivity index (χ2v) is 8.66. The smallest absolute Gasteiger partial charge is 0.266 e. The zero-order valence-electron chi connectivity index (χ0n) is 17.8. The molecule has 3 aliphatic rings. The number of imide groups is 1. The third-order valence-corrected chi connectivity index (χ3v) is 6.80. The molecule has 0 radical (unpaired) electrons. The van der Waals surface area contributed by atoms with Crippen molar-refractivity contribution in [3.05, 3.63) is 71.2 Å². The van der Waals surface area contributed by atoms with E-state index in [0.29, 0.717) is 17.7 Å². The molecule has 0 fully saturated rings. The van der Waals surface area contributed by atoms with Crippen LogP contribution in [0.25, 0.3) is 28.8 Å².